The summed E-state index contributed by atoms with van der Waals surface area (Å²) in [5.41, 5.74) is -0.303. The number of furan rings is 1. The molecule has 0 N–H and O–H groups in total. The molecule has 196 valence electrons. The van der Waals surface area contributed by atoms with Crippen molar-refractivity contribution in [2.24, 2.45) is 0 Å². The second kappa shape index (κ2) is 8.95. The highest BCUT2D eigenvalue weighted by Gasteiger charge is 2.61. The third kappa shape index (κ3) is 4.18. The van der Waals surface area contributed by atoms with Crippen molar-refractivity contribution in [1.29, 1.82) is 0 Å². The number of carbonyl (C=O) groups is 1. The van der Waals surface area contributed by atoms with Gasteiger partial charge in [-0.1, -0.05) is 11.6 Å². The number of ether oxygens (including phenoxy) is 2. The van der Waals surface area contributed by atoms with Crippen LogP contribution in [0.3, 0.4) is 0 Å². The molecule has 2 aromatic heterocycles. The quantitative estimate of drug-likeness (QED) is 0.481. The van der Waals surface area contributed by atoms with Gasteiger partial charge < -0.3 is 23.7 Å². The van der Waals surface area contributed by atoms with Gasteiger partial charge >= 0.3 is 0 Å². The Hall–Kier alpha value is -2.70. The van der Waals surface area contributed by atoms with Crippen LogP contribution in [0.25, 0.3) is 11.0 Å². The normalized spacial score (nSPS) is 24.2. The number of sulfonamides is 1. The van der Waals surface area contributed by atoms with Crippen LogP contribution in [-0.2, 0) is 24.3 Å². The Kier molecular flexibility index (Phi) is 5.96. The molecule has 0 saturated carbocycles. The van der Waals surface area contributed by atoms with Crippen molar-refractivity contribution in [2.75, 3.05) is 51.3 Å². The Labute approximate surface area is 219 Å². The van der Waals surface area contributed by atoms with Crippen LogP contribution in [-0.4, -0.2) is 86.3 Å². The second-order valence-corrected chi connectivity index (χ2v) is 12.2. The standard InChI is InChI=1S/C25H27ClN4O6S/c1-34-17-25-16-29(37(32,33)23-13-18-12-19(26)2-3-21(18)35-23)14-22(31)30(25)15-24(36-25)6-10-28(11-7-24)20-4-8-27-9-5-20/h2-5,8-9,12-13H,6-7,10-11,14-17H2,1H3. The lowest BCUT2D eigenvalue weighted by atomic mass is 9.91. The average molecular weight is 547 g/mol. The highest BCUT2D eigenvalue weighted by atomic mass is 35.5. The summed E-state index contributed by atoms with van der Waals surface area (Å²) in [4.78, 5) is 21.4. The van der Waals surface area contributed by atoms with Gasteiger partial charge in [0.2, 0.25) is 11.0 Å². The number of anilines is 1. The molecule has 3 fully saturated rings. The van der Waals surface area contributed by atoms with E-state index in [1.807, 2.05) is 12.1 Å². The number of fused-ring (bicyclic) bond motifs is 2. The van der Waals surface area contributed by atoms with Gasteiger partial charge in [0.25, 0.3) is 10.0 Å². The Bertz CT molecular complexity index is 1440. The minimum Gasteiger partial charge on any atom is -0.443 e. The zero-order chi connectivity index (χ0) is 25.8. The first kappa shape index (κ1) is 24.6. The number of benzene rings is 1. The molecular formula is C25H27ClN4O6S. The summed E-state index contributed by atoms with van der Waals surface area (Å²) < 4.78 is 46.2. The number of hydrogen-bond acceptors (Lipinski definition) is 8. The van der Waals surface area contributed by atoms with Crippen molar-refractivity contribution in [2.45, 2.75) is 29.3 Å². The molecule has 1 atom stereocenters. The highest BCUT2D eigenvalue weighted by molar-refractivity contribution is 7.89. The van der Waals surface area contributed by atoms with Gasteiger partial charge in [-0.15, -0.1) is 0 Å². The molecule has 3 aliphatic heterocycles. The third-order valence-electron chi connectivity index (χ3n) is 7.50. The molecule has 3 saturated heterocycles. The van der Waals surface area contributed by atoms with Crippen molar-refractivity contribution in [1.82, 2.24) is 14.2 Å². The summed E-state index contributed by atoms with van der Waals surface area (Å²) in [6.45, 7) is 1.60. The maximum Gasteiger partial charge on any atom is 0.277 e. The van der Waals surface area contributed by atoms with E-state index in [-0.39, 0.29) is 30.7 Å². The van der Waals surface area contributed by atoms with Crippen molar-refractivity contribution >= 4 is 44.2 Å². The van der Waals surface area contributed by atoms with E-state index in [1.165, 1.54) is 13.2 Å². The Morgan fingerprint density at radius 1 is 1.11 bits per heavy atom. The van der Waals surface area contributed by atoms with Gasteiger partial charge in [-0.2, -0.15) is 4.31 Å². The predicted octanol–water partition coefficient (Wildman–Crippen LogP) is 2.73. The number of halogens is 1. The summed E-state index contributed by atoms with van der Waals surface area (Å²) in [7, 11) is -2.60. The SMILES string of the molecule is COCC12CN(S(=O)(=O)c3cc4cc(Cl)ccc4o3)CC(=O)N1CC1(CCN(c3ccncc3)CC1)O2. The first-order valence-electron chi connectivity index (χ1n) is 12.1. The van der Waals surface area contributed by atoms with Crippen molar-refractivity contribution in [3.63, 3.8) is 0 Å². The van der Waals surface area contributed by atoms with E-state index in [0.717, 1.165) is 23.1 Å². The maximum absolute atomic E-state index is 13.6. The lowest BCUT2D eigenvalue weighted by Gasteiger charge is -2.44. The minimum absolute atomic E-state index is 0.0519. The highest BCUT2D eigenvalue weighted by Crippen LogP contribution is 2.44. The van der Waals surface area contributed by atoms with E-state index in [0.29, 0.717) is 35.4 Å². The molecule has 6 rings (SSSR count). The van der Waals surface area contributed by atoms with Crippen molar-refractivity contribution < 1.29 is 27.1 Å². The smallest absolute Gasteiger partial charge is 0.277 e. The summed E-state index contributed by atoms with van der Waals surface area (Å²) in [6.07, 6.45) is 4.93. The van der Waals surface area contributed by atoms with Gasteiger partial charge in [-0.05, 0) is 43.2 Å². The molecule has 0 bridgehead atoms. The minimum atomic E-state index is -4.13. The molecule has 37 heavy (non-hydrogen) atoms. The molecule has 1 amide bonds. The first-order chi connectivity index (χ1) is 17.7. The molecular weight excluding hydrogens is 520 g/mol. The topological polar surface area (TPSA) is 105 Å². The van der Waals surface area contributed by atoms with Gasteiger partial charge in [0, 0.05) is 54.8 Å². The van der Waals surface area contributed by atoms with E-state index >= 15 is 0 Å². The lowest BCUT2D eigenvalue weighted by molar-refractivity contribution is -0.194. The number of rotatable bonds is 5. The predicted molar refractivity (Wildman–Crippen MR) is 136 cm³/mol. The average Bonchev–Trinajstić information content (AvgIpc) is 3.45. The molecule has 3 aromatic rings. The van der Waals surface area contributed by atoms with Crippen LogP contribution in [0.4, 0.5) is 5.69 Å². The van der Waals surface area contributed by atoms with Gasteiger partial charge in [-0.25, -0.2) is 8.42 Å². The molecule has 10 nitrogen and oxygen atoms in total. The number of methoxy groups -OCH3 is 1. The summed E-state index contributed by atoms with van der Waals surface area (Å²) in [6, 6.07) is 10.3. The Morgan fingerprint density at radius 2 is 1.86 bits per heavy atom. The van der Waals surface area contributed by atoms with E-state index in [9.17, 15) is 13.2 Å². The number of carbonyl (C=O) groups excluding carboxylic acids is 1. The fourth-order valence-corrected chi connectivity index (χ4v) is 7.26. The fourth-order valence-electron chi connectivity index (χ4n) is 5.70. The van der Waals surface area contributed by atoms with Crippen LogP contribution in [0.5, 0.6) is 0 Å². The molecule has 1 aromatic carbocycles. The van der Waals surface area contributed by atoms with Crippen LogP contribution >= 0.6 is 11.6 Å². The Morgan fingerprint density at radius 3 is 2.59 bits per heavy atom. The van der Waals surface area contributed by atoms with Gasteiger partial charge in [-0.3, -0.25) is 9.78 Å². The van der Waals surface area contributed by atoms with Crippen LogP contribution in [0.2, 0.25) is 5.02 Å². The van der Waals surface area contributed by atoms with Crippen molar-refractivity contribution in [3.8, 4) is 0 Å². The van der Waals surface area contributed by atoms with E-state index in [2.05, 4.69) is 9.88 Å². The number of amides is 1. The maximum atomic E-state index is 13.6. The van der Waals surface area contributed by atoms with Crippen LogP contribution < -0.4 is 4.90 Å². The van der Waals surface area contributed by atoms with Gasteiger partial charge in [0.05, 0.1) is 31.8 Å². The summed E-state index contributed by atoms with van der Waals surface area (Å²) in [5.74, 6) is -0.320. The largest absolute Gasteiger partial charge is 0.443 e. The first-order valence-corrected chi connectivity index (χ1v) is 13.9. The molecule has 0 aliphatic carbocycles. The molecule has 0 radical (unpaired) electrons. The van der Waals surface area contributed by atoms with Crippen LogP contribution in [0.1, 0.15) is 12.8 Å². The fraction of sp³-hybridized carbons (Fsp3) is 0.440. The zero-order valence-corrected chi connectivity index (χ0v) is 21.9. The van der Waals surface area contributed by atoms with Gasteiger partial charge in [0.1, 0.15) is 5.58 Å². The van der Waals surface area contributed by atoms with E-state index < -0.39 is 21.3 Å². The molecule has 3 aliphatic rings. The molecule has 12 heteroatoms. The number of hydrogen-bond donors (Lipinski definition) is 0. The van der Waals surface area contributed by atoms with E-state index in [1.54, 1.807) is 35.5 Å². The van der Waals surface area contributed by atoms with Crippen LogP contribution in [0.15, 0.2) is 58.3 Å². The molecule has 5 heterocycles. The monoisotopic (exact) mass is 546 g/mol. The number of piperazine rings is 1. The molecule has 1 unspecified atom stereocenters. The second-order valence-electron chi connectivity index (χ2n) is 9.86. The summed E-state index contributed by atoms with van der Waals surface area (Å²) in [5, 5.41) is 0.802. The van der Waals surface area contributed by atoms with E-state index in [4.69, 9.17) is 25.5 Å². The third-order valence-corrected chi connectivity index (χ3v) is 9.39. The lowest BCUT2D eigenvalue weighted by Crippen LogP contribution is -2.65. The van der Waals surface area contributed by atoms with Gasteiger partial charge in [0.15, 0.2) is 5.72 Å². The van der Waals surface area contributed by atoms with Crippen molar-refractivity contribution in [3.05, 3.63) is 53.8 Å². The molecule has 1 spiro atoms. The zero-order valence-electron chi connectivity index (χ0n) is 20.3. The number of pyridine rings is 1. The number of piperidine rings is 1. The number of aromatic nitrogens is 1. The number of nitrogens with zero attached hydrogens (tertiary/aromatic N) is 4. The van der Waals surface area contributed by atoms with Crippen LogP contribution in [0, 0.1) is 0 Å². The summed E-state index contributed by atoms with van der Waals surface area (Å²) >= 11 is 6.05. The Balaban J connectivity index is 1.27.